The molecule has 1 heterocycles. The zero-order valence-electron chi connectivity index (χ0n) is 16.0. The van der Waals surface area contributed by atoms with Gasteiger partial charge in [0.2, 0.25) is 5.91 Å². The zero-order chi connectivity index (χ0) is 21.1. The quantitative estimate of drug-likeness (QED) is 0.630. The number of nitrogens with zero attached hydrogens (tertiary/aromatic N) is 1. The second-order valence-corrected chi connectivity index (χ2v) is 7.51. The molecule has 152 valence electrons. The summed E-state index contributed by atoms with van der Waals surface area (Å²) in [5.74, 6) is -1.79. The number of carbonyl (C=O) groups is 3. The van der Waals surface area contributed by atoms with Gasteiger partial charge in [0.05, 0.1) is 11.6 Å². The number of carbonyl (C=O) groups excluding carboxylic acids is 3. The number of halogens is 1. The Bertz CT molecular complexity index is 1130. The van der Waals surface area contributed by atoms with Crippen LogP contribution in [0.25, 0.3) is 10.8 Å². The molecule has 1 N–H and O–H groups in total. The van der Waals surface area contributed by atoms with Gasteiger partial charge in [-0.25, -0.2) is 0 Å². The fourth-order valence-electron chi connectivity index (χ4n) is 3.56. The summed E-state index contributed by atoms with van der Waals surface area (Å²) in [6, 6.07) is 20.2. The van der Waals surface area contributed by atoms with Crippen molar-refractivity contribution in [3.63, 3.8) is 0 Å². The van der Waals surface area contributed by atoms with Gasteiger partial charge < -0.3 is 15.0 Å². The third kappa shape index (κ3) is 4.28. The Morgan fingerprint density at radius 1 is 1.07 bits per heavy atom. The van der Waals surface area contributed by atoms with Crippen LogP contribution in [-0.2, 0) is 19.1 Å². The number of benzene rings is 3. The number of hydrogen-bond donors (Lipinski definition) is 1. The average molecular weight is 423 g/mol. The lowest BCUT2D eigenvalue weighted by Crippen LogP contribution is -2.28. The number of esters is 1. The van der Waals surface area contributed by atoms with Crippen molar-refractivity contribution in [2.45, 2.75) is 6.42 Å². The number of anilines is 2. The Morgan fingerprint density at radius 3 is 2.67 bits per heavy atom. The number of rotatable bonds is 5. The molecule has 0 spiro atoms. The molecule has 0 aliphatic carbocycles. The zero-order valence-corrected chi connectivity index (χ0v) is 16.8. The fourth-order valence-corrected chi connectivity index (χ4v) is 3.75. The first-order valence-electron chi connectivity index (χ1n) is 9.51. The Hall–Kier alpha value is -3.38. The summed E-state index contributed by atoms with van der Waals surface area (Å²) in [6.45, 7) is -0.202. The van der Waals surface area contributed by atoms with Gasteiger partial charge >= 0.3 is 5.97 Å². The first-order chi connectivity index (χ1) is 14.5. The van der Waals surface area contributed by atoms with Gasteiger partial charge in [0.15, 0.2) is 6.61 Å². The van der Waals surface area contributed by atoms with E-state index in [0.29, 0.717) is 10.7 Å². The van der Waals surface area contributed by atoms with Gasteiger partial charge in [-0.3, -0.25) is 14.4 Å². The van der Waals surface area contributed by atoms with Crippen molar-refractivity contribution < 1.29 is 19.1 Å². The minimum atomic E-state index is -0.615. The normalized spacial score (nSPS) is 16.0. The van der Waals surface area contributed by atoms with Gasteiger partial charge in [0, 0.05) is 29.1 Å². The molecule has 0 saturated carbocycles. The van der Waals surface area contributed by atoms with Crippen LogP contribution in [0.5, 0.6) is 0 Å². The highest BCUT2D eigenvalue weighted by molar-refractivity contribution is 6.30. The van der Waals surface area contributed by atoms with Crippen LogP contribution >= 0.6 is 11.6 Å². The molecule has 2 amide bonds. The summed E-state index contributed by atoms with van der Waals surface area (Å²) in [7, 11) is 0. The molecule has 1 atom stereocenters. The van der Waals surface area contributed by atoms with Crippen molar-refractivity contribution in [2.75, 3.05) is 23.4 Å². The predicted octanol–water partition coefficient (Wildman–Crippen LogP) is 4.03. The lowest BCUT2D eigenvalue weighted by atomic mass is 10.1. The van der Waals surface area contributed by atoms with Crippen LogP contribution in [0.3, 0.4) is 0 Å². The van der Waals surface area contributed by atoms with Crippen LogP contribution in [-0.4, -0.2) is 30.9 Å². The Kier molecular flexibility index (Phi) is 5.68. The molecule has 6 nitrogen and oxygen atoms in total. The molecule has 1 fully saturated rings. The molecule has 1 saturated heterocycles. The van der Waals surface area contributed by atoms with Crippen molar-refractivity contribution in [3.05, 3.63) is 71.8 Å². The topological polar surface area (TPSA) is 75.7 Å². The highest BCUT2D eigenvalue weighted by atomic mass is 35.5. The van der Waals surface area contributed by atoms with Crippen molar-refractivity contribution >= 4 is 51.5 Å². The van der Waals surface area contributed by atoms with Crippen LogP contribution in [0.2, 0.25) is 5.02 Å². The molecule has 0 radical (unpaired) electrons. The number of amides is 2. The van der Waals surface area contributed by atoms with Crippen molar-refractivity contribution in [2.24, 2.45) is 5.92 Å². The third-order valence-electron chi connectivity index (χ3n) is 4.97. The lowest BCUT2D eigenvalue weighted by Gasteiger charge is -2.18. The Labute approximate surface area is 178 Å². The fraction of sp³-hybridized carbons (Fsp3) is 0.174. The smallest absolute Gasteiger partial charge is 0.311 e. The van der Waals surface area contributed by atoms with Gasteiger partial charge in [-0.2, -0.15) is 0 Å². The first-order valence-corrected chi connectivity index (χ1v) is 9.89. The van der Waals surface area contributed by atoms with E-state index in [9.17, 15) is 14.4 Å². The van der Waals surface area contributed by atoms with Crippen molar-refractivity contribution in [1.29, 1.82) is 0 Å². The first kappa shape index (κ1) is 19.9. The van der Waals surface area contributed by atoms with Crippen LogP contribution < -0.4 is 10.2 Å². The maximum atomic E-state index is 12.6. The van der Waals surface area contributed by atoms with E-state index < -0.39 is 24.4 Å². The summed E-state index contributed by atoms with van der Waals surface area (Å²) in [6.07, 6.45) is 0.0535. The molecule has 1 aliphatic rings. The minimum absolute atomic E-state index is 0.0535. The molecular formula is C23H19ClN2O4. The molecule has 4 rings (SSSR count). The average Bonchev–Trinajstić information content (AvgIpc) is 3.13. The molecule has 0 aromatic heterocycles. The molecule has 1 aliphatic heterocycles. The summed E-state index contributed by atoms with van der Waals surface area (Å²) < 4.78 is 5.15. The van der Waals surface area contributed by atoms with E-state index in [-0.39, 0.29) is 18.9 Å². The lowest BCUT2D eigenvalue weighted by molar-refractivity contribution is -0.151. The van der Waals surface area contributed by atoms with E-state index in [1.165, 1.54) is 0 Å². The number of hydrogen-bond acceptors (Lipinski definition) is 4. The summed E-state index contributed by atoms with van der Waals surface area (Å²) in [5, 5.41) is 5.07. The van der Waals surface area contributed by atoms with Crippen LogP contribution in [0.1, 0.15) is 6.42 Å². The van der Waals surface area contributed by atoms with Gasteiger partial charge in [-0.1, -0.05) is 54.1 Å². The van der Waals surface area contributed by atoms with Crippen molar-refractivity contribution in [1.82, 2.24) is 0 Å². The van der Waals surface area contributed by atoms with Gasteiger partial charge in [-0.15, -0.1) is 0 Å². The summed E-state index contributed by atoms with van der Waals surface area (Å²) >= 11 is 5.88. The SMILES string of the molecule is O=C(COC(=O)[C@@H]1CC(=O)N(c2cccc3ccccc23)C1)Nc1cccc(Cl)c1. The number of ether oxygens (including phenoxy) is 1. The molecule has 30 heavy (non-hydrogen) atoms. The largest absolute Gasteiger partial charge is 0.455 e. The summed E-state index contributed by atoms with van der Waals surface area (Å²) in [4.78, 5) is 38.7. The van der Waals surface area contributed by atoms with Crippen molar-refractivity contribution in [3.8, 4) is 0 Å². The molecule has 0 unspecified atom stereocenters. The highest BCUT2D eigenvalue weighted by Crippen LogP contribution is 2.32. The standard InChI is InChI=1S/C23H19ClN2O4/c24-17-7-4-8-18(12-17)25-21(27)14-30-23(29)16-11-22(28)26(13-16)20-10-3-6-15-5-1-2-9-19(15)20/h1-10,12,16H,11,13-14H2,(H,25,27)/t16-/m1/s1. The monoisotopic (exact) mass is 422 g/mol. The van der Waals surface area contributed by atoms with E-state index in [2.05, 4.69) is 5.32 Å². The van der Waals surface area contributed by atoms with E-state index in [1.54, 1.807) is 29.2 Å². The Morgan fingerprint density at radius 2 is 1.83 bits per heavy atom. The molecule has 3 aromatic rings. The highest BCUT2D eigenvalue weighted by Gasteiger charge is 2.36. The molecule has 0 bridgehead atoms. The van der Waals surface area contributed by atoms with Gasteiger partial charge in [0.1, 0.15) is 0 Å². The van der Waals surface area contributed by atoms with Crippen LogP contribution in [0.4, 0.5) is 11.4 Å². The van der Waals surface area contributed by atoms with E-state index in [4.69, 9.17) is 16.3 Å². The van der Waals surface area contributed by atoms with E-state index in [0.717, 1.165) is 16.5 Å². The summed E-state index contributed by atoms with van der Waals surface area (Å²) in [5.41, 5.74) is 1.29. The second kappa shape index (κ2) is 8.55. The van der Waals surface area contributed by atoms with E-state index in [1.807, 2.05) is 42.5 Å². The second-order valence-electron chi connectivity index (χ2n) is 7.07. The number of fused-ring (bicyclic) bond motifs is 1. The van der Waals surface area contributed by atoms with Crippen LogP contribution in [0, 0.1) is 5.92 Å². The number of nitrogens with one attached hydrogen (secondary N) is 1. The maximum absolute atomic E-state index is 12.6. The maximum Gasteiger partial charge on any atom is 0.311 e. The third-order valence-corrected chi connectivity index (χ3v) is 5.20. The molecule has 7 heteroatoms. The minimum Gasteiger partial charge on any atom is -0.455 e. The van der Waals surface area contributed by atoms with Crippen LogP contribution in [0.15, 0.2) is 66.7 Å². The van der Waals surface area contributed by atoms with Gasteiger partial charge in [0.25, 0.3) is 5.91 Å². The van der Waals surface area contributed by atoms with E-state index >= 15 is 0 Å². The van der Waals surface area contributed by atoms with Gasteiger partial charge in [-0.05, 0) is 29.7 Å². The Balaban J connectivity index is 1.38. The molecule has 3 aromatic carbocycles. The predicted molar refractivity (Wildman–Crippen MR) is 115 cm³/mol. The molecular weight excluding hydrogens is 404 g/mol.